The number of hydrogen-bond acceptors (Lipinski definition) is 4. The number of carbonyl (C=O) groups excluding carboxylic acids is 1. The Kier molecular flexibility index (Phi) is 5.45. The van der Waals surface area contributed by atoms with Gasteiger partial charge in [0.05, 0.1) is 23.4 Å². The molecule has 0 fully saturated rings. The summed E-state index contributed by atoms with van der Waals surface area (Å²) >= 11 is 0. The molecule has 0 radical (unpaired) electrons. The van der Waals surface area contributed by atoms with Gasteiger partial charge in [-0.05, 0) is 48.9 Å². The Morgan fingerprint density at radius 2 is 1.85 bits per heavy atom. The van der Waals surface area contributed by atoms with E-state index in [9.17, 15) is 26.4 Å². The number of rotatable bonds is 5. The fourth-order valence-corrected chi connectivity index (χ4v) is 3.02. The first-order chi connectivity index (χ1) is 12.1. The monoisotopic (exact) mass is 388 g/mol. The molecule has 0 aliphatic carbocycles. The first-order valence-corrected chi connectivity index (χ1v) is 8.70. The molecule has 6 nitrogen and oxygen atoms in total. The molecule has 0 aliphatic heterocycles. The standard InChI is InChI=1S/C16H15F3N2O4S/c1-9-7-10(3-5-12(9)17)21(16(20)22)13-8-11(4-6-14(13)25-2)26(23,24)15(18)19/h3-8,15H,1-2H3,(H2,20,22). The Balaban J connectivity index is 2.71. The zero-order valence-corrected chi connectivity index (χ0v) is 14.6. The molecule has 2 rings (SSSR count). The van der Waals surface area contributed by atoms with Gasteiger partial charge in [-0.3, -0.25) is 4.90 Å². The lowest BCUT2D eigenvalue weighted by molar-refractivity contribution is 0.234. The SMILES string of the molecule is COc1ccc(S(=O)(=O)C(F)F)cc1N(C(N)=O)c1ccc(F)c(C)c1. The summed E-state index contributed by atoms with van der Waals surface area (Å²) in [5, 5.41) is 0. The third-order valence-electron chi connectivity index (χ3n) is 3.57. The van der Waals surface area contributed by atoms with Gasteiger partial charge in [0.2, 0.25) is 9.84 Å². The fraction of sp³-hybridized carbons (Fsp3) is 0.188. The Morgan fingerprint density at radius 1 is 1.19 bits per heavy atom. The van der Waals surface area contributed by atoms with Gasteiger partial charge in [-0.15, -0.1) is 0 Å². The minimum atomic E-state index is -4.91. The van der Waals surface area contributed by atoms with Crippen LogP contribution in [0.5, 0.6) is 5.75 Å². The molecule has 10 heteroatoms. The number of ether oxygens (including phenoxy) is 1. The van der Waals surface area contributed by atoms with E-state index in [2.05, 4.69) is 0 Å². The summed E-state index contributed by atoms with van der Waals surface area (Å²) in [5.41, 5.74) is 5.51. The first-order valence-electron chi connectivity index (χ1n) is 7.15. The first kappa shape index (κ1) is 19.6. The van der Waals surface area contributed by atoms with Gasteiger partial charge < -0.3 is 10.5 Å². The summed E-state index contributed by atoms with van der Waals surface area (Å²) in [6.45, 7) is 1.45. The highest BCUT2D eigenvalue weighted by Gasteiger charge is 2.29. The summed E-state index contributed by atoms with van der Waals surface area (Å²) in [6, 6.07) is 5.49. The molecular formula is C16H15F3N2O4S. The molecule has 2 aromatic carbocycles. The molecule has 0 aromatic heterocycles. The number of primary amides is 1. The molecule has 0 bridgehead atoms. The van der Waals surface area contributed by atoms with Crippen molar-refractivity contribution in [3.05, 3.63) is 47.8 Å². The lowest BCUT2D eigenvalue weighted by Gasteiger charge is -2.24. The van der Waals surface area contributed by atoms with E-state index in [-0.39, 0.29) is 22.7 Å². The van der Waals surface area contributed by atoms with Gasteiger partial charge in [0.1, 0.15) is 11.6 Å². The van der Waals surface area contributed by atoms with E-state index in [0.717, 1.165) is 29.2 Å². The van der Waals surface area contributed by atoms with Gasteiger partial charge in [-0.1, -0.05) is 0 Å². The summed E-state index contributed by atoms with van der Waals surface area (Å²) in [6.07, 6.45) is 0. The van der Waals surface area contributed by atoms with Crippen LogP contribution in [0.3, 0.4) is 0 Å². The number of methoxy groups -OCH3 is 1. The molecular weight excluding hydrogens is 373 g/mol. The van der Waals surface area contributed by atoms with Crippen LogP contribution in [-0.2, 0) is 9.84 Å². The van der Waals surface area contributed by atoms with E-state index < -0.39 is 32.3 Å². The third kappa shape index (κ3) is 3.59. The van der Waals surface area contributed by atoms with Crippen molar-refractivity contribution in [2.45, 2.75) is 17.6 Å². The van der Waals surface area contributed by atoms with E-state index in [4.69, 9.17) is 10.5 Å². The van der Waals surface area contributed by atoms with Gasteiger partial charge in [-0.2, -0.15) is 8.78 Å². The summed E-state index contributed by atoms with van der Waals surface area (Å²) in [5.74, 6) is -4.16. The van der Waals surface area contributed by atoms with Gasteiger partial charge in [0.25, 0.3) is 0 Å². The molecule has 0 aliphatic rings. The van der Waals surface area contributed by atoms with E-state index in [1.165, 1.54) is 26.2 Å². The largest absolute Gasteiger partial charge is 0.495 e. The predicted octanol–water partition coefficient (Wildman–Crippen LogP) is 3.36. The lowest BCUT2D eigenvalue weighted by Crippen LogP contribution is -2.32. The van der Waals surface area contributed by atoms with Crippen molar-refractivity contribution in [3.63, 3.8) is 0 Å². The highest BCUT2D eigenvalue weighted by atomic mass is 32.2. The average molecular weight is 388 g/mol. The number of urea groups is 1. The van der Waals surface area contributed by atoms with Crippen LogP contribution < -0.4 is 15.4 Å². The Labute approximate surface area is 147 Å². The summed E-state index contributed by atoms with van der Waals surface area (Å²) in [7, 11) is -3.66. The van der Waals surface area contributed by atoms with Crippen LogP contribution in [0.1, 0.15) is 5.56 Å². The van der Waals surface area contributed by atoms with Crippen molar-refractivity contribution in [1.82, 2.24) is 0 Å². The van der Waals surface area contributed by atoms with E-state index in [0.29, 0.717) is 0 Å². The van der Waals surface area contributed by atoms with Crippen LogP contribution in [0.15, 0.2) is 41.3 Å². The number of aryl methyl sites for hydroxylation is 1. The van der Waals surface area contributed by atoms with Crippen LogP contribution in [0.4, 0.5) is 29.3 Å². The number of halogens is 3. The van der Waals surface area contributed by atoms with Crippen LogP contribution in [0.25, 0.3) is 0 Å². The minimum absolute atomic E-state index is 0.0130. The van der Waals surface area contributed by atoms with Crippen LogP contribution in [0, 0.1) is 12.7 Å². The summed E-state index contributed by atoms with van der Waals surface area (Å²) in [4.78, 5) is 12.1. The van der Waals surface area contributed by atoms with Crippen molar-refractivity contribution >= 4 is 27.2 Å². The second-order valence-electron chi connectivity index (χ2n) is 5.25. The van der Waals surface area contributed by atoms with Gasteiger partial charge in [0, 0.05) is 0 Å². The highest BCUT2D eigenvalue weighted by molar-refractivity contribution is 7.91. The van der Waals surface area contributed by atoms with E-state index in [1.54, 1.807) is 0 Å². The quantitative estimate of drug-likeness (QED) is 0.851. The number of hydrogen-bond donors (Lipinski definition) is 1. The van der Waals surface area contributed by atoms with E-state index in [1.807, 2.05) is 0 Å². The molecule has 2 amide bonds. The van der Waals surface area contributed by atoms with Gasteiger partial charge in [-0.25, -0.2) is 17.6 Å². The second-order valence-corrected chi connectivity index (χ2v) is 7.16. The molecule has 26 heavy (non-hydrogen) atoms. The fourth-order valence-electron chi connectivity index (χ4n) is 2.28. The number of alkyl halides is 2. The maximum Gasteiger partial charge on any atom is 0.341 e. The third-order valence-corrected chi connectivity index (χ3v) is 4.95. The normalized spacial score (nSPS) is 11.5. The molecule has 2 N–H and O–H groups in total. The van der Waals surface area contributed by atoms with Crippen molar-refractivity contribution in [2.75, 3.05) is 12.0 Å². The molecule has 2 aromatic rings. The Morgan fingerprint density at radius 3 is 2.35 bits per heavy atom. The molecule has 140 valence electrons. The maximum atomic E-state index is 13.5. The number of carbonyl (C=O) groups is 1. The van der Waals surface area contributed by atoms with Crippen LogP contribution in [-0.4, -0.2) is 27.3 Å². The zero-order chi connectivity index (χ0) is 19.6. The second kappa shape index (κ2) is 7.24. The predicted molar refractivity (Wildman–Crippen MR) is 89.0 cm³/mol. The maximum absolute atomic E-state index is 13.5. The van der Waals surface area contributed by atoms with Crippen molar-refractivity contribution in [2.24, 2.45) is 5.73 Å². The number of nitrogens with two attached hydrogens (primary N) is 1. The van der Waals surface area contributed by atoms with Crippen molar-refractivity contribution < 1.29 is 31.1 Å². The molecule has 0 saturated carbocycles. The molecule has 0 spiro atoms. The number of amides is 2. The molecule has 0 heterocycles. The average Bonchev–Trinajstić information content (AvgIpc) is 2.57. The molecule has 0 atom stereocenters. The number of sulfone groups is 1. The van der Waals surface area contributed by atoms with Crippen LogP contribution >= 0.6 is 0 Å². The van der Waals surface area contributed by atoms with Crippen LogP contribution in [0.2, 0.25) is 0 Å². The van der Waals surface area contributed by atoms with Crippen molar-refractivity contribution in [1.29, 1.82) is 0 Å². The van der Waals surface area contributed by atoms with Gasteiger partial charge in [0.15, 0.2) is 0 Å². The molecule has 0 unspecified atom stereocenters. The zero-order valence-electron chi connectivity index (χ0n) is 13.7. The number of nitrogens with zero attached hydrogens (tertiary/aromatic N) is 1. The Hall–Kier alpha value is -2.75. The number of benzene rings is 2. The van der Waals surface area contributed by atoms with E-state index >= 15 is 0 Å². The smallest absolute Gasteiger partial charge is 0.341 e. The Bertz CT molecular complexity index is 949. The number of anilines is 2. The minimum Gasteiger partial charge on any atom is -0.495 e. The van der Waals surface area contributed by atoms with Gasteiger partial charge >= 0.3 is 11.8 Å². The topological polar surface area (TPSA) is 89.7 Å². The molecule has 0 saturated heterocycles. The summed E-state index contributed by atoms with van der Waals surface area (Å²) < 4.78 is 67.7. The van der Waals surface area contributed by atoms with Crippen molar-refractivity contribution in [3.8, 4) is 5.75 Å². The lowest BCUT2D eigenvalue weighted by atomic mass is 10.1. The highest BCUT2D eigenvalue weighted by Crippen LogP contribution is 2.37.